The number of hydrogen-bond donors (Lipinski definition) is 3. The number of carbonyl (C=O) groups is 2. The van der Waals surface area contributed by atoms with Crippen molar-refractivity contribution in [2.75, 3.05) is 32.7 Å². The molecule has 0 bridgehead atoms. The fraction of sp³-hybridized carbons (Fsp3) is 0.857. The third-order valence-corrected chi connectivity index (χ3v) is 3.74. The predicted octanol–water partition coefficient (Wildman–Crippen LogP) is -0.392. The minimum atomic E-state index is -0.449. The first-order valence-corrected chi connectivity index (χ1v) is 7.60. The highest BCUT2D eigenvalue weighted by molar-refractivity contribution is 5.96. The molecule has 0 radical (unpaired) electrons. The van der Waals surface area contributed by atoms with Gasteiger partial charge in [0.1, 0.15) is 0 Å². The Morgan fingerprint density at radius 1 is 1.33 bits per heavy atom. The van der Waals surface area contributed by atoms with Crippen LogP contribution in [0.1, 0.15) is 27.7 Å². The van der Waals surface area contributed by atoms with E-state index in [-0.39, 0.29) is 24.1 Å². The number of urea groups is 1. The van der Waals surface area contributed by atoms with Crippen molar-refractivity contribution in [3.8, 4) is 0 Å². The normalized spacial score (nSPS) is 23.4. The van der Waals surface area contributed by atoms with Gasteiger partial charge in [0, 0.05) is 38.8 Å². The highest BCUT2D eigenvalue weighted by atomic mass is 16.3. The zero-order valence-corrected chi connectivity index (χ0v) is 13.4. The Labute approximate surface area is 126 Å². The molecule has 1 aliphatic rings. The lowest BCUT2D eigenvalue weighted by atomic mass is 10.1. The molecule has 21 heavy (non-hydrogen) atoms. The monoisotopic (exact) mass is 300 g/mol. The molecule has 1 aliphatic heterocycles. The number of nitrogens with zero attached hydrogens (tertiary/aromatic N) is 2. The molecule has 0 spiro atoms. The van der Waals surface area contributed by atoms with Crippen LogP contribution in [0.4, 0.5) is 4.79 Å². The summed E-state index contributed by atoms with van der Waals surface area (Å²) in [6.07, 6.45) is -0.345. The van der Waals surface area contributed by atoms with Crippen molar-refractivity contribution in [1.29, 1.82) is 0 Å². The van der Waals surface area contributed by atoms with Gasteiger partial charge in [0.05, 0.1) is 12.1 Å². The lowest BCUT2D eigenvalue weighted by Crippen LogP contribution is -2.59. The molecule has 1 fully saturated rings. The summed E-state index contributed by atoms with van der Waals surface area (Å²) in [6, 6.07) is -0.599. The fourth-order valence-electron chi connectivity index (χ4n) is 2.73. The number of piperazine rings is 1. The maximum absolute atomic E-state index is 12.1. The van der Waals surface area contributed by atoms with Gasteiger partial charge in [-0.25, -0.2) is 4.79 Å². The molecule has 3 amide bonds. The van der Waals surface area contributed by atoms with Gasteiger partial charge in [0.15, 0.2) is 0 Å². The summed E-state index contributed by atoms with van der Waals surface area (Å²) in [6.45, 7) is 11.0. The Morgan fingerprint density at radius 3 is 2.52 bits per heavy atom. The number of hydrogen-bond acceptors (Lipinski definition) is 5. The molecule has 0 saturated carbocycles. The van der Waals surface area contributed by atoms with Crippen molar-refractivity contribution in [2.24, 2.45) is 0 Å². The summed E-state index contributed by atoms with van der Waals surface area (Å²) in [5.74, 6) is -0.281. The highest BCUT2D eigenvalue weighted by Crippen LogP contribution is 2.13. The molecule has 3 N–H and O–H groups in total. The van der Waals surface area contributed by atoms with Gasteiger partial charge < -0.3 is 10.4 Å². The van der Waals surface area contributed by atoms with E-state index in [4.69, 9.17) is 0 Å². The Bertz CT molecular complexity index is 362. The van der Waals surface area contributed by atoms with E-state index in [1.54, 1.807) is 13.8 Å². The molecule has 0 aromatic rings. The number of β-amino-alcohol motifs (C(OH)–C–C–N with tert-alkyl or cyclic N) is 1. The van der Waals surface area contributed by atoms with E-state index in [0.29, 0.717) is 13.1 Å². The van der Waals surface area contributed by atoms with Crippen LogP contribution in [-0.2, 0) is 4.79 Å². The Morgan fingerprint density at radius 2 is 2.00 bits per heavy atom. The lowest BCUT2D eigenvalue weighted by molar-refractivity contribution is -0.126. The quantitative estimate of drug-likeness (QED) is 0.644. The van der Waals surface area contributed by atoms with Crippen molar-refractivity contribution >= 4 is 11.9 Å². The maximum atomic E-state index is 12.1. The van der Waals surface area contributed by atoms with Crippen LogP contribution in [-0.4, -0.2) is 77.8 Å². The van der Waals surface area contributed by atoms with Gasteiger partial charge in [-0.15, -0.1) is 0 Å². The number of nitrogens with one attached hydrogen (secondary N) is 2. The van der Waals surface area contributed by atoms with Crippen molar-refractivity contribution < 1.29 is 14.7 Å². The van der Waals surface area contributed by atoms with Crippen molar-refractivity contribution in [1.82, 2.24) is 20.4 Å². The van der Waals surface area contributed by atoms with Gasteiger partial charge >= 0.3 is 6.03 Å². The first-order chi connectivity index (χ1) is 9.85. The molecular weight excluding hydrogens is 272 g/mol. The van der Waals surface area contributed by atoms with E-state index >= 15 is 0 Å². The molecule has 1 rings (SSSR count). The van der Waals surface area contributed by atoms with Crippen LogP contribution in [0, 0.1) is 0 Å². The average Bonchev–Trinajstić information content (AvgIpc) is 2.37. The second-order valence-electron chi connectivity index (χ2n) is 5.72. The molecular formula is C14H28N4O3. The van der Waals surface area contributed by atoms with Gasteiger partial charge in [-0.05, 0) is 27.7 Å². The Kier molecular flexibility index (Phi) is 7.07. The van der Waals surface area contributed by atoms with Crippen LogP contribution in [0.15, 0.2) is 0 Å². The third kappa shape index (κ3) is 5.61. The second-order valence-corrected chi connectivity index (χ2v) is 5.72. The predicted molar refractivity (Wildman–Crippen MR) is 81.0 cm³/mol. The third-order valence-electron chi connectivity index (χ3n) is 3.74. The summed E-state index contributed by atoms with van der Waals surface area (Å²) < 4.78 is 0. The van der Waals surface area contributed by atoms with E-state index in [9.17, 15) is 14.7 Å². The van der Waals surface area contributed by atoms with Crippen LogP contribution < -0.4 is 10.6 Å². The minimum absolute atomic E-state index is 0.201. The van der Waals surface area contributed by atoms with Crippen LogP contribution in [0.2, 0.25) is 0 Å². The van der Waals surface area contributed by atoms with E-state index in [0.717, 1.165) is 19.6 Å². The van der Waals surface area contributed by atoms with Gasteiger partial charge in [-0.2, -0.15) is 0 Å². The lowest BCUT2D eigenvalue weighted by Gasteiger charge is -2.42. The second kappa shape index (κ2) is 8.31. The molecule has 122 valence electrons. The van der Waals surface area contributed by atoms with Crippen LogP contribution >= 0.6 is 0 Å². The van der Waals surface area contributed by atoms with Crippen LogP contribution in [0.3, 0.4) is 0 Å². The molecule has 0 aromatic carbocycles. The summed E-state index contributed by atoms with van der Waals surface area (Å²) in [7, 11) is 0. The van der Waals surface area contributed by atoms with Gasteiger partial charge in [0.2, 0.25) is 5.91 Å². The maximum Gasteiger partial charge on any atom is 0.321 e. The molecule has 0 aliphatic carbocycles. The zero-order valence-electron chi connectivity index (χ0n) is 13.4. The standard InChI is InChI=1S/C14H28N4O3/c1-5-15-14(21)16-13(20)12(4)18-7-6-17(8-10(18)2)9-11(3)19/h10-12,19H,5-9H2,1-4H3,(H2,15,16,20,21)/t10-,11-,12-/m0/s1. The molecule has 7 nitrogen and oxygen atoms in total. The van der Waals surface area contributed by atoms with Crippen molar-refractivity contribution in [2.45, 2.75) is 45.9 Å². The number of imide groups is 1. The molecule has 3 atom stereocenters. The number of rotatable bonds is 5. The molecule has 7 heteroatoms. The van der Waals surface area contributed by atoms with E-state index in [2.05, 4.69) is 27.4 Å². The van der Waals surface area contributed by atoms with Crippen LogP contribution in [0.25, 0.3) is 0 Å². The Balaban J connectivity index is 2.49. The molecule has 1 saturated heterocycles. The average molecular weight is 300 g/mol. The zero-order chi connectivity index (χ0) is 16.0. The largest absolute Gasteiger partial charge is 0.392 e. The first kappa shape index (κ1) is 17.9. The number of aliphatic hydroxyl groups is 1. The van der Waals surface area contributed by atoms with Gasteiger partial charge in [0.25, 0.3) is 0 Å². The van der Waals surface area contributed by atoms with Gasteiger partial charge in [-0.3, -0.25) is 19.9 Å². The number of amides is 3. The summed E-state index contributed by atoms with van der Waals surface area (Å²) in [4.78, 5) is 27.7. The topological polar surface area (TPSA) is 84.9 Å². The molecule has 1 heterocycles. The summed E-state index contributed by atoms with van der Waals surface area (Å²) in [5, 5.41) is 14.3. The van der Waals surface area contributed by atoms with E-state index in [1.165, 1.54) is 0 Å². The highest BCUT2D eigenvalue weighted by Gasteiger charge is 2.31. The van der Waals surface area contributed by atoms with E-state index in [1.807, 2.05) is 6.92 Å². The molecule has 0 aromatic heterocycles. The smallest absolute Gasteiger partial charge is 0.321 e. The number of carbonyl (C=O) groups excluding carboxylic acids is 2. The van der Waals surface area contributed by atoms with Crippen molar-refractivity contribution in [3.05, 3.63) is 0 Å². The fourth-order valence-corrected chi connectivity index (χ4v) is 2.73. The molecule has 0 unspecified atom stereocenters. The van der Waals surface area contributed by atoms with Gasteiger partial charge in [-0.1, -0.05) is 0 Å². The van der Waals surface area contributed by atoms with Crippen molar-refractivity contribution in [3.63, 3.8) is 0 Å². The summed E-state index contributed by atoms with van der Waals surface area (Å²) >= 11 is 0. The summed E-state index contributed by atoms with van der Waals surface area (Å²) in [5.41, 5.74) is 0. The first-order valence-electron chi connectivity index (χ1n) is 7.60. The Hall–Kier alpha value is -1.18. The number of aliphatic hydroxyl groups excluding tert-OH is 1. The minimum Gasteiger partial charge on any atom is -0.392 e. The SMILES string of the molecule is CCNC(=O)NC(=O)[C@H](C)N1CCN(C[C@H](C)O)C[C@@H]1C. The van der Waals surface area contributed by atoms with E-state index < -0.39 is 6.03 Å². The van der Waals surface area contributed by atoms with Crippen LogP contribution in [0.5, 0.6) is 0 Å².